The number of rotatable bonds is 5. The van der Waals surface area contributed by atoms with Crippen molar-refractivity contribution in [3.63, 3.8) is 0 Å². The van der Waals surface area contributed by atoms with Crippen LogP contribution < -0.4 is 5.32 Å². The molecular weight excluding hydrogens is 222 g/mol. The highest BCUT2D eigenvalue weighted by molar-refractivity contribution is 5.32. The van der Waals surface area contributed by atoms with E-state index in [4.69, 9.17) is 0 Å². The van der Waals surface area contributed by atoms with E-state index >= 15 is 0 Å². The second kappa shape index (κ2) is 5.83. The van der Waals surface area contributed by atoms with Gasteiger partial charge in [-0.25, -0.2) is 0 Å². The largest absolute Gasteiger partial charge is 0.309 e. The lowest BCUT2D eigenvalue weighted by molar-refractivity contribution is 0.446. The van der Waals surface area contributed by atoms with Gasteiger partial charge < -0.3 is 5.32 Å². The highest BCUT2D eigenvalue weighted by Crippen LogP contribution is 2.20. The average Bonchev–Trinajstić information content (AvgIpc) is 2.81. The minimum absolute atomic E-state index is 0.315. The van der Waals surface area contributed by atoms with E-state index in [0.29, 0.717) is 6.04 Å². The van der Waals surface area contributed by atoms with Crippen molar-refractivity contribution in [2.75, 3.05) is 6.54 Å². The van der Waals surface area contributed by atoms with Crippen molar-refractivity contribution >= 4 is 0 Å². The molecule has 2 rings (SSSR count). The van der Waals surface area contributed by atoms with E-state index in [2.05, 4.69) is 49.4 Å². The fraction of sp³-hybridized carbons (Fsp3) is 0.400. The van der Waals surface area contributed by atoms with Crippen LogP contribution in [0.4, 0.5) is 0 Å². The van der Waals surface area contributed by atoms with Gasteiger partial charge in [-0.05, 0) is 37.6 Å². The first-order valence-corrected chi connectivity index (χ1v) is 6.48. The molecule has 1 aromatic heterocycles. The Morgan fingerprint density at radius 2 is 2.17 bits per heavy atom. The van der Waals surface area contributed by atoms with Crippen molar-refractivity contribution < 1.29 is 0 Å². The monoisotopic (exact) mass is 243 g/mol. The van der Waals surface area contributed by atoms with Gasteiger partial charge in [0.15, 0.2) is 0 Å². The van der Waals surface area contributed by atoms with E-state index < -0.39 is 0 Å². The van der Waals surface area contributed by atoms with Crippen molar-refractivity contribution in [2.45, 2.75) is 33.4 Å². The summed E-state index contributed by atoms with van der Waals surface area (Å²) in [5.74, 6) is 0. The molecule has 0 saturated carbocycles. The molecular formula is C15H21N3. The van der Waals surface area contributed by atoms with Gasteiger partial charge in [0.2, 0.25) is 0 Å². The Labute approximate surface area is 109 Å². The number of benzene rings is 1. The molecule has 1 aromatic carbocycles. The molecule has 18 heavy (non-hydrogen) atoms. The van der Waals surface area contributed by atoms with Gasteiger partial charge in [-0.15, -0.1) is 0 Å². The lowest BCUT2D eigenvalue weighted by Gasteiger charge is -2.20. The van der Waals surface area contributed by atoms with E-state index in [1.165, 1.54) is 16.7 Å². The van der Waals surface area contributed by atoms with E-state index in [0.717, 1.165) is 13.1 Å². The fourth-order valence-electron chi connectivity index (χ4n) is 2.33. The van der Waals surface area contributed by atoms with Crippen LogP contribution in [0.3, 0.4) is 0 Å². The zero-order valence-electron chi connectivity index (χ0n) is 11.4. The molecule has 0 amide bonds. The van der Waals surface area contributed by atoms with Gasteiger partial charge in [0.1, 0.15) is 0 Å². The van der Waals surface area contributed by atoms with Crippen LogP contribution in [0.5, 0.6) is 0 Å². The molecule has 1 atom stereocenters. The van der Waals surface area contributed by atoms with Crippen LogP contribution in [0.2, 0.25) is 0 Å². The SMILES string of the molecule is CCNC(Cn1cccn1)c1ccc(C)cc1C. The molecule has 3 heteroatoms. The minimum Gasteiger partial charge on any atom is -0.309 e. The summed E-state index contributed by atoms with van der Waals surface area (Å²) in [6, 6.07) is 8.92. The summed E-state index contributed by atoms with van der Waals surface area (Å²) in [7, 11) is 0. The van der Waals surface area contributed by atoms with Crippen LogP contribution in [0.15, 0.2) is 36.7 Å². The van der Waals surface area contributed by atoms with E-state index in [-0.39, 0.29) is 0 Å². The predicted molar refractivity (Wildman–Crippen MR) is 74.6 cm³/mol. The lowest BCUT2D eigenvalue weighted by Crippen LogP contribution is -2.26. The fourth-order valence-corrected chi connectivity index (χ4v) is 2.33. The molecule has 0 saturated heterocycles. The summed E-state index contributed by atoms with van der Waals surface area (Å²) in [5.41, 5.74) is 4.01. The van der Waals surface area contributed by atoms with Crippen LogP contribution in [0.25, 0.3) is 0 Å². The molecule has 2 aromatic rings. The molecule has 1 heterocycles. The Morgan fingerprint density at radius 3 is 2.78 bits per heavy atom. The Hall–Kier alpha value is -1.61. The number of likely N-dealkylation sites (N-methyl/N-ethyl adjacent to an activating group) is 1. The second-order valence-electron chi connectivity index (χ2n) is 4.70. The van der Waals surface area contributed by atoms with Crippen LogP contribution in [-0.4, -0.2) is 16.3 Å². The molecule has 0 aliphatic carbocycles. The van der Waals surface area contributed by atoms with Gasteiger partial charge in [-0.2, -0.15) is 5.10 Å². The normalized spacial score (nSPS) is 12.6. The Balaban J connectivity index is 2.23. The maximum atomic E-state index is 4.29. The third kappa shape index (κ3) is 2.99. The maximum Gasteiger partial charge on any atom is 0.0604 e. The molecule has 0 spiro atoms. The topological polar surface area (TPSA) is 29.9 Å². The molecule has 0 aliphatic heterocycles. The zero-order chi connectivity index (χ0) is 13.0. The van der Waals surface area contributed by atoms with Crippen molar-refractivity contribution in [1.29, 1.82) is 0 Å². The van der Waals surface area contributed by atoms with Gasteiger partial charge in [0.05, 0.1) is 12.6 Å². The maximum absolute atomic E-state index is 4.29. The molecule has 0 aliphatic rings. The van der Waals surface area contributed by atoms with Gasteiger partial charge in [-0.1, -0.05) is 30.7 Å². The Bertz CT molecular complexity index is 488. The first-order chi connectivity index (χ1) is 8.70. The summed E-state index contributed by atoms with van der Waals surface area (Å²) in [6.07, 6.45) is 3.83. The summed E-state index contributed by atoms with van der Waals surface area (Å²) in [6.45, 7) is 8.27. The highest BCUT2D eigenvalue weighted by Gasteiger charge is 2.13. The lowest BCUT2D eigenvalue weighted by atomic mass is 9.99. The third-order valence-electron chi connectivity index (χ3n) is 3.18. The van der Waals surface area contributed by atoms with E-state index in [1.54, 1.807) is 0 Å². The average molecular weight is 243 g/mol. The highest BCUT2D eigenvalue weighted by atomic mass is 15.3. The molecule has 96 valence electrons. The number of nitrogens with zero attached hydrogens (tertiary/aromatic N) is 2. The molecule has 3 nitrogen and oxygen atoms in total. The summed E-state index contributed by atoms with van der Waals surface area (Å²) >= 11 is 0. The first-order valence-electron chi connectivity index (χ1n) is 6.48. The van der Waals surface area contributed by atoms with Crippen LogP contribution in [-0.2, 0) is 6.54 Å². The molecule has 1 unspecified atom stereocenters. The Kier molecular flexibility index (Phi) is 4.15. The predicted octanol–water partition coefficient (Wildman–Crippen LogP) is 2.85. The van der Waals surface area contributed by atoms with Gasteiger partial charge in [0.25, 0.3) is 0 Å². The van der Waals surface area contributed by atoms with Crippen molar-refractivity contribution in [2.24, 2.45) is 0 Å². The summed E-state index contributed by atoms with van der Waals surface area (Å²) in [5, 5.41) is 7.82. The van der Waals surface area contributed by atoms with Crippen LogP contribution in [0, 0.1) is 13.8 Å². The smallest absolute Gasteiger partial charge is 0.0604 e. The summed E-state index contributed by atoms with van der Waals surface area (Å²) < 4.78 is 1.98. The first kappa shape index (κ1) is 12.8. The molecule has 0 fully saturated rings. The minimum atomic E-state index is 0.315. The van der Waals surface area contributed by atoms with Crippen LogP contribution >= 0.6 is 0 Å². The van der Waals surface area contributed by atoms with Gasteiger partial charge in [0, 0.05) is 12.4 Å². The van der Waals surface area contributed by atoms with Crippen molar-refractivity contribution in [1.82, 2.24) is 15.1 Å². The molecule has 0 bridgehead atoms. The number of nitrogens with one attached hydrogen (secondary N) is 1. The van der Waals surface area contributed by atoms with Crippen molar-refractivity contribution in [3.8, 4) is 0 Å². The van der Waals surface area contributed by atoms with Gasteiger partial charge in [-0.3, -0.25) is 4.68 Å². The van der Waals surface area contributed by atoms with Crippen LogP contribution in [0.1, 0.15) is 29.7 Å². The number of aromatic nitrogens is 2. The molecule has 1 N–H and O–H groups in total. The van der Waals surface area contributed by atoms with Crippen molar-refractivity contribution in [3.05, 3.63) is 53.3 Å². The second-order valence-corrected chi connectivity index (χ2v) is 4.70. The quantitative estimate of drug-likeness (QED) is 0.875. The Morgan fingerprint density at radius 1 is 1.33 bits per heavy atom. The standard InChI is InChI=1S/C15H21N3/c1-4-16-15(11-18-9-5-8-17-18)14-7-6-12(2)10-13(14)3/h5-10,15-16H,4,11H2,1-3H3. The van der Waals surface area contributed by atoms with Gasteiger partial charge >= 0.3 is 0 Å². The number of hydrogen-bond donors (Lipinski definition) is 1. The zero-order valence-corrected chi connectivity index (χ0v) is 11.4. The number of aryl methyl sites for hydroxylation is 2. The molecule has 0 radical (unpaired) electrons. The third-order valence-corrected chi connectivity index (χ3v) is 3.18. The number of hydrogen-bond acceptors (Lipinski definition) is 2. The van der Waals surface area contributed by atoms with E-state index in [1.807, 2.05) is 23.1 Å². The summed E-state index contributed by atoms with van der Waals surface area (Å²) in [4.78, 5) is 0. The van der Waals surface area contributed by atoms with E-state index in [9.17, 15) is 0 Å².